The van der Waals surface area contributed by atoms with Gasteiger partial charge in [0.2, 0.25) is 5.82 Å². The Morgan fingerprint density at radius 2 is 1.68 bits per heavy atom. The minimum Gasteiger partial charge on any atom is -0.483 e. The number of hydrogen-bond donors (Lipinski definition) is 0. The van der Waals surface area contributed by atoms with Crippen LogP contribution in [-0.2, 0) is 6.61 Å². The Labute approximate surface area is 129 Å². The molecule has 22 heavy (non-hydrogen) atoms. The second-order valence-corrected chi connectivity index (χ2v) is 5.44. The highest BCUT2D eigenvalue weighted by Crippen LogP contribution is 2.21. The van der Waals surface area contributed by atoms with Crippen molar-refractivity contribution in [2.75, 3.05) is 0 Å². The molecule has 0 spiro atoms. The zero-order valence-corrected chi connectivity index (χ0v) is 13.0. The van der Waals surface area contributed by atoms with Crippen LogP contribution in [0.5, 0.6) is 5.75 Å². The van der Waals surface area contributed by atoms with E-state index in [2.05, 4.69) is 23.1 Å². The van der Waals surface area contributed by atoms with Crippen LogP contribution in [0.15, 0.2) is 47.0 Å². The summed E-state index contributed by atoms with van der Waals surface area (Å²) in [4.78, 5) is 4.37. The summed E-state index contributed by atoms with van der Waals surface area (Å²) in [7, 11) is 0. The highest BCUT2D eigenvalue weighted by molar-refractivity contribution is 5.54. The van der Waals surface area contributed by atoms with Gasteiger partial charge in [-0.15, -0.1) is 0 Å². The van der Waals surface area contributed by atoms with Gasteiger partial charge >= 0.3 is 0 Å². The van der Waals surface area contributed by atoms with E-state index in [0.717, 1.165) is 16.9 Å². The molecule has 0 fully saturated rings. The Morgan fingerprint density at radius 3 is 2.41 bits per heavy atom. The molecule has 0 aliphatic carbocycles. The molecule has 3 aromatic rings. The number of benzene rings is 2. The third-order valence-corrected chi connectivity index (χ3v) is 3.46. The van der Waals surface area contributed by atoms with Gasteiger partial charge < -0.3 is 9.26 Å². The van der Waals surface area contributed by atoms with Crippen LogP contribution in [0.3, 0.4) is 0 Å². The molecule has 0 saturated heterocycles. The van der Waals surface area contributed by atoms with Gasteiger partial charge in [0, 0.05) is 5.56 Å². The highest BCUT2D eigenvalue weighted by atomic mass is 16.5. The summed E-state index contributed by atoms with van der Waals surface area (Å²) < 4.78 is 11.0. The molecule has 1 heterocycles. The molecule has 0 atom stereocenters. The molecule has 3 rings (SSSR count). The van der Waals surface area contributed by atoms with E-state index in [9.17, 15) is 0 Å². The van der Waals surface area contributed by atoms with Crippen LogP contribution in [0, 0.1) is 20.8 Å². The Kier molecular flexibility index (Phi) is 3.92. The second kappa shape index (κ2) is 6.02. The lowest BCUT2D eigenvalue weighted by Gasteiger charge is -2.07. The fraction of sp³-hybridized carbons (Fsp3) is 0.222. The van der Waals surface area contributed by atoms with E-state index in [1.807, 2.05) is 50.2 Å². The Hall–Kier alpha value is -2.62. The summed E-state index contributed by atoms with van der Waals surface area (Å²) in [6, 6.07) is 14.1. The van der Waals surface area contributed by atoms with E-state index >= 15 is 0 Å². The van der Waals surface area contributed by atoms with E-state index in [0.29, 0.717) is 11.7 Å². The van der Waals surface area contributed by atoms with Gasteiger partial charge in [0.05, 0.1) is 0 Å². The first-order valence-corrected chi connectivity index (χ1v) is 7.21. The average Bonchev–Trinajstić information content (AvgIpc) is 2.96. The summed E-state index contributed by atoms with van der Waals surface area (Å²) >= 11 is 0. The van der Waals surface area contributed by atoms with Gasteiger partial charge in [0.15, 0.2) is 6.61 Å². The zero-order chi connectivity index (χ0) is 15.5. The molecule has 0 radical (unpaired) electrons. The molecule has 4 heteroatoms. The van der Waals surface area contributed by atoms with Crippen LogP contribution in [-0.4, -0.2) is 10.1 Å². The molecule has 0 saturated carbocycles. The molecular formula is C18H18N2O2. The first-order chi connectivity index (χ1) is 10.6. The maximum Gasteiger partial charge on any atom is 0.264 e. The third-order valence-electron chi connectivity index (χ3n) is 3.46. The number of rotatable bonds is 4. The van der Waals surface area contributed by atoms with Gasteiger partial charge in [-0.1, -0.05) is 52.7 Å². The smallest absolute Gasteiger partial charge is 0.264 e. The summed E-state index contributed by atoms with van der Waals surface area (Å²) in [5.41, 5.74) is 4.44. The molecule has 0 amide bonds. The first-order valence-electron chi connectivity index (χ1n) is 7.21. The Balaban J connectivity index is 1.70. The topological polar surface area (TPSA) is 48.2 Å². The van der Waals surface area contributed by atoms with Crippen molar-refractivity contribution < 1.29 is 9.26 Å². The van der Waals surface area contributed by atoms with Crippen molar-refractivity contribution >= 4 is 0 Å². The van der Waals surface area contributed by atoms with E-state index in [1.165, 1.54) is 11.1 Å². The number of ether oxygens (including phenoxy) is 1. The lowest BCUT2D eigenvalue weighted by molar-refractivity contribution is 0.241. The third kappa shape index (κ3) is 3.17. The van der Waals surface area contributed by atoms with Crippen LogP contribution < -0.4 is 4.74 Å². The fourth-order valence-electron chi connectivity index (χ4n) is 2.23. The fourth-order valence-corrected chi connectivity index (χ4v) is 2.23. The molecule has 0 bridgehead atoms. The molecular weight excluding hydrogens is 276 g/mol. The van der Waals surface area contributed by atoms with Crippen molar-refractivity contribution in [3.8, 4) is 17.1 Å². The van der Waals surface area contributed by atoms with E-state index < -0.39 is 0 Å². The van der Waals surface area contributed by atoms with Crippen molar-refractivity contribution in [1.82, 2.24) is 10.1 Å². The molecule has 112 valence electrons. The van der Waals surface area contributed by atoms with Crippen LogP contribution in [0.4, 0.5) is 0 Å². The summed E-state index contributed by atoms with van der Waals surface area (Å²) in [5, 5.41) is 4.00. The maximum absolute atomic E-state index is 5.75. The van der Waals surface area contributed by atoms with Gasteiger partial charge in [-0.3, -0.25) is 0 Å². The van der Waals surface area contributed by atoms with Crippen molar-refractivity contribution in [3.63, 3.8) is 0 Å². The largest absolute Gasteiger partial charge is 0.483 e. The van der Waals surface area contributed by atoms with E-state index in [4.69, 9.17) is 9.26 Å². The molecule has 0 N–H and O–H groups in total. The predicted molar refractivity (Wildman–Crippen MR) is 84.7 cm³/mol. The van der Waals surface area contributed by atoms with Gasteiger partial charge in [0.1, 0.15) is 5.75 Å². The van der Waals surface area contributed by atoms with Gasteiger partial charge in [-0.05, 0) is 32.4 Å². The minimum atomic E-state index is 0.267. The molecule has 0 unspecified atom stereocenters. The number of aryl methyl sites for hydroxylation is 3. The summed E-state index contributed by atoms with van der Waals surface area (Å²) in [5.74, 6) is 1.88. The maximum atomic E-state index is 5.75. The van der Waals surface area contributed by atoms with Crippen LogP contribution in [0.1, 0.15) is 22.6 Å². The number of hydrogen-bond acceptors (Lipinski definition) is 4. The first kappa shape index (κ1) is 14.3. The van der Waals surface area contributed by atoms with E-state index in [-0.39, 0.29) is 6.61 Å². The normalized spacial score (nSPS) is 10.7. The zero-order valence-electron chi connectivity index (χ0n) is 13.0. The Bertz CT molecular complexity index is 776. The minimum absolute atomic E-state index is 0.267. The van der Waals surface area contributed by atoms with Crippen molar-refractivity contribution in [3.05, 3.63) is 65.0 Å². The standard InChI is InChI=1S/C18H18N2O2/c1-12-4-7-15(8-5-12)18-19-17(22-20-18)11-21-16-9-6-13(2)10-14(16)3/h4-10H,11H2,1-3H3. The lowest BCUT2D eigenvalue weighted by atomic mass is 10.1. The predicted octanol–water partition coefficient (Wildman–Crippen LogP) is 4.24. The monoisotopic (exact) mass is 294 g/mol. The number of nitrogens with zero attached hydrogens (tertiary/aromatic N) is 2. The SMILES string of the molecule is Cc1ccc(-c2noc(COc3ccc(C)cc3C)n2)cc1. The van der Waals surface area contributed by atoms with Crippen LogP contribution >= 0.6 is 0 Å². The highest BCUT2D eigenvalue weighted by Gasteiger charge is 2.09. The van der Waals surface area contributed by atoms with Gasteiger partial charge in [0.25, 0.3) is 5.89 Å². The molecule has 1 aromatic heterocycles. The summed E-state index contributed by atoms with van der Waals surface area (Å²) in [6.07, 6.45) is 0. The van der Waals surface area contributed by atoms with Gasteiger partial charge in [-0.25, -0.2) is 0 Å². The number of aromatic nitrogens is 2. The Morgan fingerprint density at radius 1 is 0.955 bits per heavy atom. The van der Waals surface area contributed by atoms with Crippen LogP contribution in [0.25, 0.3) is 11.4 Å². The lowest BCUT2D eigenvalue weighted by Crippen LogP contribution is -1.97. The van der Waals surface area contributed by atoms with Crippen LogP contribution in [0.2, 0.25) is 0 Å². The molecule has 0 aliphatic rings. The van der Waals surface area contributed by atoms with E-state index in [1.54, 1.807) is 0 Å². The molecule has 2 aromatic carbocycles. The average molecular weight is 294 g/mol. The van der Waals surface area contributed by atoms with Gasteiger partial charge in [-0.2, -0.15) is 4.98 Å². The quantitative estimate of drug-likeness (QED) is 0.722. The van der Waals surface area contributed by atoms with Crippen molar-refractivity contribution in [2.24, 2.45) is 0 Å². The van der Waals surface area contributed by atoms with Crippen molar-refractivity contribution in [2.45, 2.75) is 27.4 Å². The van der Waals surface area contributed by atoms with Crippen molar-refractivity contribution in [1.29, 1.82) is 0 Å². The molecule has 4 nitrogen and oxygen atoms in total. The molecule has 0 aliphatic heterocycles. The summed E-state index contributed by atoms with van der Waals surface area (Å²) in [6.45, 7) is 6.39. The second-order valence-electron chi connectivity index (χ2n) is 5.44.